The zero-order valence-corrected chi connectivity index (χ0v) is 14.5. The number of amides is 1. The molecule has 2 N–H and O–H groups in total. The van der Waals surface area contributed by atoms with Crippen LogP contribution in [0.3, 0.4) is 0 Å². The number of hydrogen-bond donors (Lipinski definition) is 2. The summed E-state index contributed by atoms with van der Waals surface area (Å²) in [6.45, 7) is 11.8. The number of nitrogens with zero attached hydrogens (tertiary/aromatic N) is 1. The highest BCUT2D eigenvalue weighted by atomic mass is 16.6. The predicted octanol–water partition coefficient (Wildman–Crippen LogP) is 2.36. The van der Waals surface area contributed by atoms with Crippen LogP contribution in [0.5, 0.6) is 0 Å². The van der Waals surface area contributed by atoms with Gasteiger partial charge in [-0.05, 0) is 60.5 Å². The molecule has 1 rings (SSSR count). The standard InChI is InChI=1S/C16H33N3O2/c1-7-13(11-17-15(20)21-16(3,4)5)18-14-8-9-19(6)12(2)10-14/h12-14,18H,7-11H2,1-6H3,(H,17,20). The molecule has 0 aliphatic carbocycles. The molecule has 0 aromatic rings. The van der Waals surface area contributed by atoms with E-state index in [9.17, 15) is 4.79 Å². The molecule has 0 radical (unpaired) electrons. The topological polar surface area (TPSA) is 53.6 Å². The molecule has 0 aromatic carbocycles. The van der Waals surface area contributed by atoms with E-state index in [0.29, 0.717) is 24.7 Å². The zero-order chi connectivity index (χ0) is 16.0. The van der Waals surface area contributed by atoms with Crippen LogP contribution in [0.25, 0.3) is 0 Å². The summed E-state index contributed by atoms with van der Waals surface area (Å²) in [6, 6.07) is 1.47. The van der Waals surface area contributed by atoms with E-state index in [1.807, 2.05) is 20.8 Å². The van der Waals surface area contributed by atoms with Gasteiger partial charge >= 0.3 is 6.09 Å². The van der Waals surface area contributed by atoms with Crippen molar-refractivity contribution in [3.63, 3.8) is 0 Å². The quantitative estimate of drug-likeness (QED) is 0.818. The number of piperidine rings is 1. The van der Waals surface area contributed by atoms with Gasteiger partial charge in [-0.3, -0.25) is 0 Å². The maximum absolute atomic E-state index is 11.7. The Labute approximate surface area is 129 Å². The fourth-order valence-electron chi connectivity index (χ4n) is 2.62. The van der Waals surface area contributed by atoms with Gasteiger partial charge in [-0.15, -0.1) is 0 Å². The maximum Gasteiger partial charge on any atom is 0.407 e. The largest absolute Gasteiger partial charge is 0.444 e. The molecule has 0 aromatic heterocycles. The number of carbonyl (C=O) groups excluding carboxylic acids is 1. The summed E-state index contributed by atoms with van der Waals surface area (Å²) in [5.41, 5.74) is -0.442. The lowest BCUT2D eigenvalue weighted by Gasteiger charge is -2.37. The molecule has 1 saturated heterocycles. The van der Waals surface area contributed by atoms with Gasteiger partial charge < -0.3 is 20.3 Å². The van der Waals surface area contributed by atoms with Gasteiger partial charge in [0.2, 0.25) is 0 Å². The molecule has 3 unspecified atom stereocenters. The average Bonchev–Trinajstić information content (AvgIpc) is 2.36. The fraction of sp³-hybridized carbons (Fsp3) is 0.938. The number of rotatable bonds is 5. The van der Waals surface area contributed by atoms with Crippen LogP contribution in [0.1, 0.15) is 53.9 Å². The summed E-state index contributed by atoms with van der Waals surface area (Å²) >= 11 is 0. The molecule has 21 heavy (non-hydrogen) atoms. The van der Waals surface area contributed by atoms with Crippen LogP contribution in [-0.4, -0.2) is 54.9 Å². The number of likely N-dealkylation sites (tertiary alicyclic amines) is 1. The van der Waals surface area contributed by atoms with Crippen LogP contribution < -0.4 is 10.6 Å². The highest BCUT2D eigenvalue weighted by molar-refractivity contribution is 5.67. The molecule has 0 spiro atoms. The first-order chi connectivity index (χ1) is 9.71. The minimum atomic E-state index is -0.442. The molecule has 5 nitrogen and oxygen atoms in total. The first kappa shape index (κ1) is 18.2. The molecule has 1 aliphatic rings. The first-order valence-electron chi connectivity index (χ1n) is 8.14. The van der Waals surface area contributed by atoms with E-state index in [2.05, 4.69) is 36.4 Å². The third-order valence-electron chi connectivity index (χ3n) is 4.06. The minimum Gasteiger partial charge on any atom is -0.444 e. The monoisotopic (exact) mass is 299 g/mol. The van der Waals surface area contributed by atoms with E-state index < -0.39 is 5.60 Å². The van der Waals surface area contributed by atoms with E-state index in [-0.39, 0.29) is 6.09 Å². The Morgan fingerprint density at radius 3 is 2.62 bits per heavy atom. The lowest BCUT2D eigenvalue weighted by atomic mass is 9.98. The second-order valence-corrected chi connectivity index (χ2v) is 7.21. The van der Waals surface area contributed by atoms with Gasteiger partial charge in [0.05, 0.1) is 0 Å². The van der Waals surface area contributed by atoms with E-state index in [4.69, 9.17) is 4.74 Å². The Bertz CT molecular complexity index is 328. The van der Waals surface area contributed by atoms with Crippen LogP contribution in [0, 0.1) is 0 Å². The van der Waals surface area contributed by atoms with Crippen molar-refractivity contribution in [2.24, 2.45) is 0 Å². The number of ether oxygens (including phenoxy) is 1. The highest BCUT2D eigenvalue weighted by Crippen LogP contribution is 2.16. The molecule has 124 valence electrons. The maximum atomic E-state index is 11.7. The Morgan fingerprint density at radius 2 is 2.10 bits per heavy atom. The molecule has 1 amide bonds. The third kappa shape index (κ3) is 7.14. The molecule has 1 aliphatic heterocycles. The van der Waals surface area contributed by atoms with Crippen LogP contribution >= 0.6 is 0 Å². The van der Waals surface area contributed by atoms with Crippen molar-refractivity contribution in [2.45, 2.75) is 77.6 Å². The second-order valence-electron chi connectivity index (χ2n) is 7.21. The SMILES string of the molecule is CCC(CNC(=O)OC(C)(C)C)NC1CCN(C)C(C)C1. The molecule has 5 heteroatoms. The molecule has 0 saturated carbocycles. The van der Waals surface area contributed by atoms with E-state index >= 15 is 0 Å². The zero-order valence-electron chi connectivity index (χ0n) is 14.5. The fourth-order valence-corrected chi connectivity index (χ4v) is 2.62. The Kier molecular flexibility index (Phi) is 6.94. The van der Waals surface area contributed by atoms with Crippen molar-refractivity contribution in [3.8, 4) is 0 Å². The first-order valence-corrected chi connectivity index (χ1v) is 8.14. The van der Waals surface area contributed by atoms with Crippen LogP contribution in [0.15, 0.2) is 0 Å². The van der Waals surface area contributed by atoms with Crippen molar-refractivity contribution >= 4 is 6.09 Å². The highest BCUT2D eigenvalue weighted by Gasteiger charge is 2.24. The van der Waals surface area contributed by atoms with Crippen molar-refractivity contribution in [1.82, 2.24) is 15.5 Å². The van der Waals surface area contributed by atoms with Crippen LogP contribution in [0.4, 0.5) is 4.79 Å². The third-order valence-corrected chi connectivity index (χ3v) is 4.06. The van der Waals surface area contributed by atoms with Gasteiger partial charge in [0.1, 0.15) is 5.60 Å². The molecule has 3 atom stereocenters. The molecule has 1 fully saturated rings. The van der Waals surface area contributed by atoms with Crippen molar-refractivity contribution < 1.29 is 9.53 Å². The minimum absolute atomic E-state index is 0.304. The predicted molar refractivity (Wildman–Crippen MR) is 86.6 cm³/mol. The van der Waals surface area contributed by atoms with Crippen LogP contribution in [0.2, 0.25) is 0 Å². The van der Waals surface area contributed by atoms with Gasteiger partial charge in [0, 0.05) is 24.7 Å². The average molecular weight is 299 g/mol. The van der Waals surface area contributed by atoms with E-state index in [1.165, 1.54) is 12.8 Å². The summed E-state index contributed by atoms with van der Waals surface area (Å²) in [5, 5.41) is 6.54. The van der Waals surface area contributed by atoms with Crippen LogP contribution in [-0.2, 0) is 4.74 Å². The summed E-state index contributed by atoms with van der Waals surface area (Å²) in [5.74, 6) is 0. The number of alkyl carbamates (subject to hydrolysis) is 1. The van der Waals surface area contributed by atoms with Crippen molar-refractivity contribution in [2.75, 3.05) is 20.1 Å². The smallest absolute Gasteiger partial charge is 0.407 e. The molecular weight excluding hydrogens is 266 g/mol. The molecule has 0 bridgehead atoms. The van der Waals surface area contributed by atoms with Crippen molar-refractivity contribution in [3.05, 3.63) is 0 Å². The molecule has 1 heterocycles. The number of hydrogen-bond acceptors (Lipinski definition) is 4. The second kappa shape index (κ2) is 7.99. The number of carbonyl (C=O) groups is 1. The van der Waals surface area contributed by atoms with E-state index in [0.717, 1.165) is 13.0 Å². The normalized spacial score (nSPS) is 25.4. The lowest BCUT2D eigenvalue weighted by molar-refractivity contribution is 0.0519. The summed E-state index contributed by atoms with van der Waals surface area (Å²) in [7, 11) is 2.18. The van der Waals surface area contributed by atoms with Gasteiger partial charge in [0.15, 0.2) is 0 Å². The van der Waals surface area contributed by atoms with Gasteiger partial charge in [0.25, 0.3) is 0 Å². The molecular formula is C16H33N3O2. The number of nitrogens with one attached hydrogen (secondary N) is 2. The van der Waals surface area contributed by atoms with Crippen molar-refractivity contribution in [1.29, 1.82) is 0 Å². The van der Waals surface area contributed by atoms with Gasteiger partial charge in [-0.25, -0.2) is 4.79 Å². The summed E-state index contributed by atoms with van der Waals surface area (Å²) < 4.78 is 5.27. The van der Waals surface area contributed by atoms with Gasteiger partial charge in [-0.2, -0.15) is 0 Å². The Hall–Kier alpha value is -0.810. The summed E-state index contributed by atoms with van der Waals surface area (Å²) in [4.78, 5) is 14.1. The Balaban J connectivity index is 2.33. The Morgan fingerprint density at radius 1 is 1.43 bits per heavy atom. The van der Waals surface area contributed by atoms with E-state index in [1.54, 1.807) is 0 Å². The summed E-state index contributed by atoms with van der Waals surface area (Å²) in [6.07, 6.45) is 3.00. The van der Waals surface area contributed by atoms with Gasteiger partial charge in [-0.1, -0.05) is 6.92 Å². The lowest BCUT2D eigenvalue weighted by Crippen LogP contribution is -2.51.